The van der Waals surface area contributed by atoms with E-state index in [1.807, 2.05) is 25.1 Å². The molecule has 0 aromatic heterocycles. The molecule has 0 saturated carbocycles. The lowest BCUT2D eigenvalue weighted by atomic mass is 10.0. The van der Waals surface area contributed by atoms with E-state index in [2.05, 4.69) is 6.92 Å². The first-order chi connectivity index (χ1) is 7.65. The highest BCUT2D eigenvalue weighted by atomic mass is 16.5. The highest BCUT2D eigenvalue weighted by Crippen LogP contribution is 2.35. The molecule has 16 heavy (non-hydrogen) atoms. The zero-order valence-electron chi connectivity index (χ0n) is 10.3. The van der Waals surface area contributed by atoms with Crippen LogP contribution in [-0.4, -0.2) is 20.8 Å². The lowest BCUT2D eigenvalue weighted by Crippen LogP contribution is -1.98. The first-order valence-electron chi connectivity index (χ1n) is 5.24. The van der Waals surface area contributed by atoms with E-state index in [4.69, 9.17) is 15.2 Å². The fourth-order valence-corrected chi connectivity index (χ4v) is 1.66. The van der Waals surface area contributed by atoms with E-state index in [1.54, 1.807) is 14.2 Å². The Labute approximate surface area is 96.9 Å². The van der Waals surface area contributed by atoms with E-state index < -0.39 is 0 Å². The molecule has 0 aliphatic carbocycles. The zero-order valence-corrected chi connectivity index (χ0v) is 10.3. The Balaban J connectivity index is 3.32. The molecule has 88 valence electrons. The van der Waals surface area contributed by atoms with Gasteiger partial charge in [-0.05, 0) is 36.6 Å². The van der Waals surface area contributed by atoms with E-state index in [0.717, 1.165) is 22.6 Å². The third-order valence-electron chi connectivity index (χ3n) is 2.70. The van der Waals surface area contributed by atoms with Crippen molar-refractivity contribution in [2.45, 2.75) is 13.8 Å². The molecule has 0 spiro atoms. The lowest BCUT2D eigenvalue weighted by Gasteiger charge is -2.14. The molecule has 0 fully saturated rings. The van der Waals surface area contributed by atoms with Crippen LogP contribution in [0.25, 0.3) is 6.08 Å². The summed E-state index contributed by atoms with van der Waals surface area (Å²) in [5.74, 6) is 1.55. The van der Waals surface area contributed by atoms with Gasteiger partial charge in [0, 0.05) is 6.54 Å². The Morgan fingerprint density at radius 2 is 1.88 bits per heavy atom. The summed E-state index contributed by atoms with van der Waals surface area (Å²) in [6.07, 6.45) is 3.93. The van der Waals surface area contributed by atoms with Crippen LogP contribution >= 0.6 is 0 Å². The summed E-state index contributed by atoms with van der Waals surface area (Å²) in [6, 6.07) is 1.97. The summed E-state index contributed by atoms with van der Waals surface area (Å²) in [5.41, 5.74) is 8.84. The van der Waals surface area contributed by atoms with Gasteiger partial charge in [-0.3, -0.25) is 0 Å². The molecule has 0 saturated heterocycles. The van der Waals surface area contributed by atoms with E-state index in [0.29, 0.717) is 6.54 Å². The minimum Gasteiger partial charge on any atom is -0.493 e. The lowest BCUT2D eigenvalue weighted by molar-refractivity contribution is 0.352. The number of methoxy groups -OCH3 is 2. The topological polar surface area (TPSA) is 44.5 Å². The molecule has 3 heteroatoms. The molecule has 0 aliphatic heterocycles. The Kier molecular flexibility index (Phi) is 4.38. The second-order valence-electron chi connectivity index (χ2n) is 3.59. The van der Waals surface area contributed by atoms with E-state index >= 15 is 0 Å². The van der Waals surface area contributed by atoms with Crippen LogP contribution in [0.3, 0.4) is 0 Å². The van der Waals surface area contributed by atoms with Crippen LogP contribution in [0.5, 0.6) is 11.5 Å². The highest BCUT2D eigenvalue weighted by molar-refractivity contribution is 5.63. The summed E-state index contributed by atoms with van der Waals surface area (Å²) in [6.45, 7) is 4.62. The monoisotopic (exact) mass is 221 g/mol. The fourth-order valence-electron chi connectivity index (χ4n) is 1.66. The summed E-state index contributed by atoms with van der Waals surface area (Å²) in [7, 11) is 3.29. The number of ether oxygens (including phenoxy) is 2. The summed E-state index contributed by atoms with van der Waals surface area (Å²) in [4.78, 5) is 0. The Morgan fingerprint density at radius 3 is 2.38 bits per heavy atom. The van der Waals surface area contributed by atoms with Crippen molar-refractivity contribution in [2.24, 2.45) is 5.73 Å². The molecule has 1 aromatic carbocycles. The molecule has 0 atom stereocenters. The van der Waals surface area contributed by atoms with Crippen molar-refractivity contribution >= 4 is 6.08 Å². The maximum atomic E-state index is 5.45. The highest BCUT2D eigenvalue weighted by Gasteiger charge is 2.11. The Morgan fingerprint density at radius 1 is 1.19 bits per heavy atom. The van der Waals surface area contributed by atoms with Crippen LogP contribution in [0.1, 0.15) is 16.7 Å². The number of benzene rings is 1. The van der Waals surface area contributed by atoms with E-state index in [9.17, 15) is 0 Å². The minimum absolute atomic E-state index is 0.535. The quantitative estimate of drug-likeness (QED) is 0.848. The van der Waals surface area contributed by atoms with Crippen molar-refractivity contribution in [2.75, 3.05) is 20.8 Å². The molecule has 0 heterocycles. The van der Waals surface area contributed by atoms with Gasteiger partial charge in [0.05, 0.1) is 14.2 Å². The smallest absolute Gasteiger partial charge is 0.163 e. The first-order valence-corrected chi connectivity index (χ1v) is 5.24. The van der Waals surface area contributed by atoms with Crippen molar-refractivity contribution < 1.29 is 9.47 Å². The van der Waals surface area contributed by atoms with E-state index in [-0.39, 0.29) is 0 Å². The van der Waals surface area contributed by atoms with Gasteiger partial charge >= 0.3 is 0 Å². The van der Waals surface area contributed by atoms with Gasteiger partial charge in [0.15, 0.2) is 11.5 Å². The number of hydrogen-bond donors (Lipinski definition) is 1. The minimum atomic E-state index is 0.535. The third kappa shape index (κ3) is 2.36. The average Bonchev–Trinajstić information content (AvgIpc) is 2.30. The molecule has 3 nitrogen and oxygen atoms in total. The largest absolute Gasteiger partial charge is 0.493 e. The number of nitrogens with two attached hydrogens (primary N) is 1. The summed E-state index contributed by atoms with van der Waals surface area (Å²) in [5, 5.41) is 0. The van der Waals surface area contributed by atoms with Crippen LogP contribution in [0.15, 0.2) is 12.1 Å². The Bertz CT molecular complexity index is 397. The van der Waals surface area contributed by atoms with Crippen LogP contribution in [0.2, 0.25) is 0 Å². The first kappa shape index (κ1) is 12.6. The van der Waals surface area contributed by atoms with Crippen molar-refractivity contribution in [3.05, 3.63) is 28.8 Å². The van der Waals surface area contributed by atoms with Gasteiger partial charge in [-0.1, -0.05) is 12.2 Å². The predicted molar refractivity (Wildman–Crippen MR) is 67.1 cm³/mol. The molecule has 2 N–H and O–H groups in total. The van der Waals surface area contributed by atoms with Crippen LogP contribution in [0, 0.1) is 13.8 Å². The van der Waals surface area contributed by atoms with Crippen LogP contribution < -0.4 is 15.2 Å². The molecular weight excluding hydrogens is 202 g/mol. The molecule has 1 rings (SSSR count). The molecule has 0 amide bonds. The van der Waals surface area contributed by atoms with Gasteiger partial charge in [0.2, 0.25) is 0 Å². The normalized spacial score (nSPS) is 10.8. The maximum Gasteiger partial charge on any atom is 0.163 e. The second kappa shape index (κ2) is 5.56. The van der Waals surface area contributed by atoms with Crippen LogP contribution in [0.4, 0.5) is 0 Å². The predicted octanol–water partition coefficient (Wildman–Crippen LogP) is 2.29. The molecular formula is C13H19NO2. The maximum absolute atomic E-state index is 5.45. The van der Waals surface area contributed by atoms with Gasteiger partial charge in [-0.25, -0.2) is 0 Å². The van der Waals surface area contributed by atoms with Crippen molar-refractivity contribution in [1.82, 2.24) is 0 Å². The molecule has 0 radical (unpaired) electrons. The third-order valence-corrected chi connectivity index (χ3v) is 2.70. The summed E-state index contributed by atoms with van der Waals surface area (Å²) < 4.78 is 10.6. The van der Waals surface area contributed by atoms with Crippen molar-refractivity contribution in [3.63, 3.8) is 0 Å². The van der Waals surface area contributed by atoms with E-state index in [1.165, 1.54) is 5.56 Å². The second-order valence-corrected chi connectivity index (χ2v) is 3.59. The van der Waals surface area contributed by atoms with Gasteiger partial charge in [-0.15, -0.1) is 0 Å². The van der Waals surface area contributed by atoms with Gasteiger partial charge < -0.3 is 15.2 Å². The average molecular weight is 221 g/mol. The standard InChI is InChI=1S/C13H19NO2/c1-9-10(2)13(16-4)12(15-3)8-11(9)6-5-7-14/h5-6,8H,7,14H2,1-4H3/b6-5+. The zero-order chi connectivity index (χ0) is 12.1. The van der Waals surface area contributed by atoms with Crippen molar-refractivity contribution in [1.29, 1.82) is 0 Å². The van der Waals surface area contributed by atoms with Crippen LogP contribution in [-0.2, 0) is 0 Å². The molecule has 0 unspecified atom stereocenters. The van der Waals surface area contributed by atoms with Crippen molar-refractivity contribution in [3.8, 4) is 11.5 Å². The molecule has 0 aliphatic rings. The fraction of sp³-hybridized carbons (Fsp3) is 0.385. The Hall–Kier alpha value is -1.48. The number of hydrogen-bond acceptors (Lipinski definition) is 3. The molecule has 0 bridgehead atoms. The van der Waals surface area contributed by atoms with Gasteiger partial charge in [-0.2, -0.15) is 0 Å². The van der Waals surface area contributed by atoms with Gasteiger partial charge in [0.1, 0.15) is 0 Å². The SMILES string of the molecule is COc1cc(/C=C/CN)c(C)c(C)c1OC. The molecule has 1 aromatic rings. The van der Waals surface area contributed by atoms with Gasteiger partial charge in [0.25, 0.3) is 0 Å². The number of rotatable bonds is 4. The summed E-state index contributed by atoms with van der Waals surface area (Å²) >= 11 is 0.